The zero-order valence-corrected chi connectivity index (χ0v) is 11.7. The monoisotopic (exact) mass is 256 g/mol. The number of esters is 1. The highest BCUT2D eigenvalue weighted by atomic mass is 16.5. The van der Waals surface area contributed by atoms with Gasteiger partial charge in [0.15, 0.2) is 5.78 Å². The molecule has 104 valence electrons. The number of ketones is 1. The van der Waals surface area contributed by atoms with E-state index in [0.29, 0.717) is 19.1 Å². The smallest absolute Gasteiger partial charge is 0.313 e. The molecular formula is C14H24O4. The third-order valence-corrected chi connectivity index (χ3v) is 3.62. The van der Waals surface area contributed by atoms with Crippen molar-refractivity contribution in [3.05, 3.63) is 0 Å². The Bertz CT molecular complexity index is 290. The third kappa shape index (κ3) is 3.80. The first-order valence-corrected chi connectivity index (χ1v) is 6.87. The summed E-state index contributed by atoms with van der Waals surface area (Å²) in [5, 5.41) is 0. The van der Waals surface area contributed by atoms with Crippen molar-refractivity contribution >= 4 is 11.8 Å². The Kier molecular flexibility index (Phi) is 5.79. The molecule has 0 bridgehead atoms. The highest BCUT2D eigenvalue weighted by molar-refractivity contribution is 6.00. The Morgan fingerprint density at radius 1 is 1.17 bits per heavy atom. The zero-order valence-electron chi connectivity index (χ0n) is 11.7. The van der Waals surface area contributed by atoms with Crippen molar-refractivity contribution in [2.45, 2.75) is 58.5 Å². The average Bonchev–Trinajstić information content (AvgIpc) is 2.33. The van der Waals surface area contributed by atoms with Crippen LogP contribution in [0.3, 0.4) is 0 Å². The molecule has 0 aromatic rings. The molecule has 0 aromatic carbocycles. The Morgan fingerprint density at radius 3 is 2.28 bits per heavy atom. The lowest BCUT2D eigenvalue weighted by Gasteiger charge is -2.37. The summed E-state index contributed by atoms with van der Waals surface area (Å²) in [6, 6.07) is 0. The van der Waals surface area contributed by atoms with Gasteiger partial charge in [0.1, 0.15) is 12.0 Å². The molecule has 0 N–H and O–H groups in total. The van der Waals surface area contributed by atoms with Crippen LogP contribution in [0.2, 0.25) is 0 Å². The van der Waals surface area contributed by atoms with Crippen molar-refractivity contribution in [2.24, 2.45) is 5.92 Å². The maximum atomic E-state index is 12.3. The molecule has 1 rings (SSSR count). The summed E-state index contributed by atoms with van der Waals surface area (Å²) in [6.45, 7) is 6.62. The minimum Gasteiger partial charge on any atom is -0.466 e. The van der Waals surface area contributed by atoms with Gasteiger partial charge in [-0.05, 0) is 45.4 Å². The fourth-order valence-corrected chi connectivity index (χ4v) is 2.51. The summed E-state index contributed by atoms with van der Waals surface area (Å²) >= 11 is 0. The van der Waals surface area contributed by atoms with Crippen LogP contribution in [0.1, 0.15) is 52.9 Å². The minimum atomic E-state index is -0.742. The van der Waals surface area contributed by atoms with E-state index >= 15 is 0 Å². The molecule has 1 fully saturated rings. The third-order valence-electron chi connectivity index (χ3n) is 3.62. The average molecular weight is 256 g/mol. The molecule has 0 spiro atoms. The van der Waals surface area contributed by atoms with Crippen molar-refractivity contribution in [3.63, 3.8) is 0 Å². The van der Waals surface area contributed by atoms with E-state index in [4.69, 9.17) is 9.47 Å². The van der Waals surface area contributed by atoms with Gasteiger partial charge in [-0.2, -0.15) is 0 Å². The lowest BCUT2D eigenvalue weighted by Crippen LogP contribution is -2.45. The SMILES string of the molecule is CCOC(=O)CC(=O)C1(OCC)CCC(C)CC1. The lowest BCUT2D eigenvalue weighted by atomic mass is 9.76. The van der Waals surface area contributed by atoms with Gasteiger partial charge in [0, 0.05) is 6.61 Å². The topological polar surface area (TPSA) is 52.6 Å². The molecule has 1 saturated carbocycles. The highest BCUT2D eigenvalue weighted by Crippen LogP contribution is 2.36. The predicted octanol–water partition coefficient (Wildman–Crippen LogP) is 2.49. The quantitative estimate of drug-likeness (QED) is 0.541. The summed E-state index contributed by atoms with van der Waals surface area (Å²) in [5.74, 6) is 0.0730. The maximum absolute atomic E-state index is 12.3. The second-order valence-corrected chi connectivity index (χ2v) is 5.01. The normalized spacial score (nSPS) is 27.8. The molecule has 18 heavy (non-hydrogen) atoms. The minimum absolute atomic E-state index is 0.116. The van der Waals surface area contributed by atoms with Gasteiger partial charge in [0.2, 0.25) is 0 Å². The van der Waals surface area contributed by atoms with Crippen LogP contribution in [0.25, 0.3) is 0 Å². The van der Waals surface area contributed by atoms with Gasteiger partial charge in [-0.1, -0.05) is 6.92 Å². The van der Waals surface area contributed by atoms with Crippen molar-refractivity contribution in [1.82, 2.24) is 0 Å². The van der Waals surface area contributed by atoms with E-state index in [2.05, 4.69) is 6.92 Å². The summed E-state index contributed by atoms with van der Waals surface area (Å²) in [7, 11) is 0. The Morgan fingerprint density at radius 2 is 1.78 bits per heavy atom. The van der Waals surface area contributed by atoms with Gasteiger partial charge in [-0.3, -0.25) is 9.59 Å². The molecule has 0 unspecified atom stereocenters. The first-order valence-electron chi connectivity index (χ1n) is 6.87. The molecular weight excluding hydrogens is 232 g/mol. The van der Waals surface area contributed by atoms with Crippen LogP contribution in [-0.4, -0.2) is 30.6 Å². The number of carbonyl (C=O) groups excluding carboxylic acids is 2. The predicted molar refractivity (Wildman–Crippen MR) is 68.2 cm³/mol. The fourth-order valence-electron chi connectivity index (χ4n) is 2.51. The van der Waals surface area contributed by atoms with Crippen LogP contribution < -0.4 is 0 Å². The van der Waals surface area contributed by atoms with Crippen LogP contribution >= 0.6 is 0 Å². The van der Waals surface area contributed by atoms with Crippen molar-refractivity contribution in [1.29, 1.82) is 0 Å². The molecule has 0 heterocycles. The summed E-state index contributed by atoms with van der Waals surface area (Å²) in [5.41, 5.74) is -0.742. The second-order valence-electron chi connectivity index (χ2n) is 5.01. The molecule has 4 nitrogen and oxygen atoms in total. The highest BCUT2D eigenvalue weighted by Gasteiger charge is 2.42. The largest absolute Gasteiger partial charge is 0.466 e. The molecule has 0 radical (unpaired) electrons. The Labute approximate surface area is 109 Å². The van der Waals surface area contributed by atoms with E-state index in [1.807, 2.05) is 6.92 Å². The van der Waals surface area contributed by atoms with Crippen molar-refractivity contribution in [2.75, 3.05) is 13.2 Å². The molecule has 1 aliphatic rings. The van der Waals surface area contributed by atoms with Crippen molar-refractivity contribution in [3.8, 4) is 0 Å². The molecule has 0 amide bonds. The Hall–Kier alpha value is -0.900. The number of rotatable bonds is 6. The van der Waals surface area contributed by atoms with Crippen LogP contribution in [0.15, 0.2) is 0 Å². The number of hydrogen-bond donors (Lipinski definition) is 0. The van der Waals surface area contributed by atoms with Crippen LogP contribution in [0, 0.1) is 5.92 Å². The standard InChI is InChI=1S/C14H24O4/c1-4-17-13(16)10-12(15)14(18-5-2)8-6-11(3)7-9-14/h11H,4-10H2,1-3H3. The molecule has 0 aromatic heterocycles. The first kappa shape index (κ1) is 15.2. The van der Waals surface area contributed by atoms with Crippen molar-refractivity contribution < 1.29 is 19.1 Å². The summed E-state index contributed by atoms with van der Waals surface area (Å²) in [4.78, 5) is 23.7. The lowest BCUT2D eigenvalue weighted by molar-refractivity contribution is -0.157. The maximum Gasteiger partial charge on any atom is 0.313 e. The summed E-state index contributed by atoms with van der Waals surface area (Å²) in [6.07, 6.45) is 3.24. The number of carbonyl (C=O) groups is 2. The molecule has 1 aliphatic carbocycles. The first-order chi connectivity index (χ1) is 8.54. The molecule has 4 heteroatoms. The van der Waals surface area contributed by atoms with Crippen LogP contribution in [0.4, 0.5) is 0 Å². The van der Waals surface area contributed by atoms with Crippen LogP contribution in [-0.2, 0) is 19.1 Å². The fraction of sp³-hybridized carbons (Fsp3) is 0.857. The van der Waals surface area contributed by atoms with Gasteiger partial charge in [0.05, 0.1) is 6.61 Å². The van der Waals surface area contributed by atoms with Gasteiger partial charge >= 0.3 is 5.97 Å². The number of ether oxygens (including phenoxy) is 2. The van der Waals surface area contributed by atoms with E-state index in [1.54, 1.807) is 6.92 Å². The van der Waals surface area contributed by atoms with Crippen LogP contribution in [0.5, 0.6) is 0 Å². The van der Waals surface area contributed by atoms with E-state index in [1.165, 1.54) is 0 Å². The van der Waals surface area contributed by atoms with Gasteiger partial charge in [-0.15, -0.1) is 0 Å². The summed E-state index contributed by atoms with van der Waals surface area (Å²) < 4.78 is 10.5. The van der Waals surface area contributed by atoms with E-state index in [-0.39, 0.29) is 12.2 Å². The zero-order chi connectivity index (χ0) is 13.6. The van der Waals surface area contributed by atoms with E-state index in [9.17, 15) is 9.59 Å². The second kappa shape index (κ2) is 6.88. The Balaban J connectivity index is 2.66. The van der Waals surface area contributed by atoms with Gasteiger partial charge in [-0.25, -0.2) is 0 Å². The molecule has 0 aliphatic heterocycles. The van der Waals surface area contributed by atoms with E-state index < -0.39 is 11.6 Å². The van der Waals surface area contributed by atoms with E-state index in [0.717, 1.165) is 25.7 Å². The molecule has 0 saturated heterocycles. The number of hydrogen-bond acceptors (Lipinski definition) is 4. The molecule has 0 atom stereocenters. The van der Waals surface area contributed by atoms with Gasteiger partial charge < -0.3 is 9.47 Å². The van der Waals surface area contributed by atoms with Gasteiger partial charge in [0.25, 0.3) is 0 Å². The number of Topliss-reactive ketones (excluding diaryl/α,β-unsaturated/α-hetero) is 1.